The molecule has 0 saturated carbocycles. The molecule has 2 aromatic carbocycles. The molecule has 0 atom stereocenters. The third kappa shape index (κ3) is 4.36. The summed E-state index contributed by atoms with van der Waals surface area (Å²) in [4.78, 5) is 24.9. The van der Waals surface area contributed by atoms with Gasteiger partial charge in [0.15, 0.2) is 17.5 Å². The maximum absolute atomic E-state index is 13.8. The van der Waals surface area contributed by atoms with Crippen LogP contribution in [0.2, 0.25) is 0 Å². The van der Waals surface area contributed by atoms with Crippen molar-refractivity contribution < 1.29 is 27.2 Å². The standard InChI is InChI=1S/C16H11BrF4N2O2/c1-23(16(25)9-3-2-8(17)6-11(9)19)7-13(24)22-12-5-4-10(18)14(20)15(12)21/h2-6H,7H2,1H3,(H,22,24). The molecular weight excluding hydrogens is 408 g/mol. The minimum Gasteiger partial charge on any atom is -0.332 e. The van der Waals surface area contributed by atoms with Gasteiger partial charge in [0.1, 0.15) is 5.82 Å². The molecule has 0 bridgehead atoms. The van der Waals surface area contributed by atoms with E-state index in [1.54, 1.807) is 0 Å². The first kappa shape index (κ1) is 18.9. The minimum absolute atomic E-state index is 0.252. The summed E-state index contributed by atoms with van der Waals surface area (Å²) in [5.41, 5.74) is -0.822. The van der Waals surface area contributed by atoms with Crippen molar-refractivity contribution >= 4 is 33.4 Å². The number of likely N-dealkylation sites (N-methyl/N-ethyl adjacent to an activating group) is 1. The third-order valence-corrected chi connectivity index (χ3v) is 3.69. The lowest BCUT2D eigenvalue weighted by Gasteiger charge is -2.17. The zero-order valence-corrected chi connectivity index (χ0v) is 14.3. The molecule has 0 spiro atoms. The normalized spacial score (nSPS) is 10.5. The predicted molar refractivity (Wildman–Crippen MR) is 86.0 cm³/mol. The third-order valence-electron chi connectivity index (χ3n) is 3.20. The Hall–Kier alpha value is -2.42. The maximum atomic E-state index is 13.8. The van der Waals surface area contributed by atoms with Gasteiger partial charge in [-0.2, -0.15) is 0 Å². The molecule has 1 N–H and O–H groups in total. The van der Waals surface area contributed by atoms with Crippen molar-refractivity contribution in [3.05, 3.63) is 63.6 Å². The summed E-state index contributed by atoms with van der Waals surface area (Å²) in [7, 11) is 1.24. The number of hydrogen-bond acceptors (Lipinski definition) is 2. The Kier molecular flexibility index (Phi) is 5.78. The van der Waals surface area contributed by atoms with E-state index in [9.17, 15) is 27.2 Å². The second-order valence-electron chi connectivity index (χ2n) is 5.06. The van der Waals surface area contributed by atoms with E-state index in [0.717, 1.165) is 17.0 Å². The van der Waals surface area contributed by atoms with E-state index in [-0.39, 0.29) is 5.56 Å². The molecule has 2 aromatic rings. The van der Waals surface area contributed by atoms with Gasteiger partial charge in [-0.05, 0) is 30.3 Å². The average molecular weight is 419 g/mol. The number of carbonyl (C=O) groups is 2. The van der Waals surface area contributed by atoms with Crippen molar-refractivity contribution in [1.29, 1.82) is 0 Å². The summed E-state index contributed by atoms with van der Waals surface area (Å²) in [6.07, 6.45) is 0. The fourth-order valence-electron chi connectivity index (χ4n) is 1.97. The summed E-state index contributed by atoms with van der Waals surface area (Å²) in [6, 6.07) is 5.30. The van der Waals surface area contributed by atoms with E-state index >= 15 is 0 Å². The van der Waals surface area contributed by atoms with Crippen LogP contribution in [-0.4, -0.2) is 30.3 Å². The van der Waals surface area contributed by atoms with Crippen LogP contribution in [0.5, 0.6) is 0 Å². The first-order valence-electron chi connectivity index (χ1n) is 6.84. The summed E-state index contributed by atoms with van der Waals surface area (Å²) in [6.45, 7) is -0.549. The number of carbonyl (C=O) groups excluding carboxylic acids is 2. The molecule has 0 aromatic heterocycles. The zero-order chi connectivity index (χ0) is 18.7. The number of anilines is 1. The summed E-state index contributed by atoms with van der Waals surface area (Å²) in [5.74, 6) is -7.09. The molecule has 132 valence electrons. The molecule has 9 heteroatoms. The Morgan fingerprint density at radius 2 is 1.72 bits per heavy atom. The van der Waals surface area contributed by atoms with Crippen LogP contribution in [0.1, 0.15) is 10.4 Å². The Labute approximate surface area is 148 Å². The number of halogens is 5. The van der Waals surface area contributed by atoms with Gasteiger partial charge < -0.3 is 10.2 Å². The predicted octanol–water partition coefficient (Wildman–Crippen LogP) is 3.72. The second kappa shape index (κ2) is 7.64. The quantitative estimate of drug-likeness (QED) is 0.607. The van der Waals surface area contributed by atoms with E-state index in [1.165, 1.54) is 19.2 Å². The lowest BCUT2D eigenvalue weighted by Crippen LogP contribution is -2.35. The molecule has 0 unspecified atom stereocenters. The van der Waals surface area contributed by atoms with Crippen molar-refractivity contribution in [3.63, 3.8) is 0 Å². The van der Waals surface area contributed by atoms with Crippen LogP contribution in [0.25, 0.3) is 0 Å². The Morgan fingerprint density at radius 1 is 1.04 bits per heavy atom. The van der Waals surface area contributed by atoms with Crippen molar-refractivity contribution in [2.24, 2.45) is 0 Å². The highest BCUT2D eigenvalue weighted by Gasteiger charge is 2.20. The van der Waals surface area contributed by atoms with Gasteiger partial charge in [0.2, 0.25) is 5.91 Å². The van der Waals surface area contributed by atoms with Gasteiger partial charge in [-0.15, -0.1) is 0 Å². The summed E-state index contributed by atoms with van der Waals surface area (Å²) < 4.78 is 53.7. The van der Waals surface area contributed by atoms with Crippen molar-refractivity contribution in [3.8, 4) is 0 Å². The molecule has 0 aliphatic heterocycles. The van der Waals surface area contributed by atoms with Gasteiger partial charge >= 0.3 is 0 Å². The number of nitrogens with zero attached hydrogens (tertiary/aromatic N) is 1. The van der Waals surface area contributed by atoms with Gasteiger partial charge in [-0.1, -0.05) is 15.9 Å². The molecule has 4 nitrogen and oxygen atoms in total. The molecule has 2 rings (SSSR count). The summed E-state index contributed by atoms with van der Waals surface area (Å²) >= 11 is 3.06. The van der Waals surface area contributed by atoms with Crippen LogP contribution in [0.4, 0.5) is 23.2 Å². The highest BCUT2D eigenvalue weighted by molar-refractivity contribution is 9.10. The Bertz CT molecular complexity index is 845. The van der Waals surface area contributed by atoms with Crippen molar-refractivity contribution in [2.75, 3.05) is 18.9 Å². The van der Waals surface area contributed by atoms with E-state index in [0.29, 0.717) is 10.5 Å². The van der Waals surface area contributed by atoms with Crippen LogP contribution in [-0.2, 0) is 4.79 Å². The maximum Gasteiger partial charge on any atom is 0.257 e. The molecule has 25 heavy (non-hydrogen) atoms. The fourth-order valence-corrected chi connectivity index (χ4v) is 2.30. The number of hydrogen-bond donors (Lipinski definition) is 1. The van der Waals surface area contributed by atoms with Gasteiger partial charge in [0.05, 0.1) is 17.8 Å². The van der Waals surface area contributed by atoms with Crippen molar-refractivity contribution in [1.82, 2.24) is 4.90 Å². The van der Waals surface area contributed by atoms with Gasteiger partial charge in [-0.25, -0.2) is 17.6 Å². The Morgan fingerprint density at radius 3 is 2.36 bits per heavy atom. The van der Waals surface area contributed by atoms with Gasteiger partial charge in [-0.3, -0.25) is 9.59 Å². The van der Waals surface area contributed by atoms with Crippen molar-refractivity contribution in [2.45, 2.75) is 0 Å². The number of rotatable bonds is 4. The van der Waals surface area contributed by atoms with Crippen LogP contribution < -0.4 is 5.32 Å². The monoisotopic (exact) mass is 418 g/mol. The minimum atomic E-state index is -1.72. The highest BCUT2D eigenvalue weighted by Crippen LogP contribution is 2.20. The molecule has 0 radical (unpaired) electrons. The van der Waals surface area contributed by atoms with E-state index in [2.05, 4.69) is 15.9 Å². The lowest BCUT2D eigenvalue weighted by atomic mass is 10.2. The van der Waals surface area contributed by atoms with E-state index in [1.807, 2.05) is 5.32 Å². The molecule has 0 heterocycles. The largest absolute Gasteiger partial charge is 0.332 e. The lowest BCUT2D eigenvalue weighted by molar-refractivity contribution is -0.116. The van der Waals surface area contributed by atoms with E-state index in [4.69, 9.17) is 0 Å². The Balaban J connectivity index is 2.07. The molecule has 0 aliphatic rings. The fraction of sp³-hybridized carbons (Fsp3) is 0.125. The highest BCUT2D eigenvalue weighted by atomic mass is 79.9. The first-order chi connectivity index (χ1) is 11.7. The topological polar surface area (TPSA) is 49.4 Å². The molecule has 2 amide bonds. The zero-order valence-electron chi connectivity index (χ0n) is 12.7. The smallest absolute Gasteiger partial charge is 0.257 e. The molecule has 0 aliphatic carbocycles. The van der Waals surface area contributed by atoms with Crippen LogP contribution >= 0.6 is 15.9 Å². The van der Waals surface area contributed by atoms with Crippen LogP contribution in [0.3, 0.4) is 0 Å². The van der Waals surface area contributed by atoms with Crippen LogP contribution in [0, 0.1) is 23.3 Å². The van der Waals surface area contributed by atoms with Gasteiger partial charge in [0, 0.05) is 11.5 Å². The SMILES string of the molecule is CN(CC(=O)Nc1ccc(F)c(F)c1F)C(=O)c1ccc(Br)cc1F. The number of amides is 2. The molecule has 0 fully saturated rings. The average Bonchev–Trinajstić information content (AvgIpc) is 2.55. The van der Waals surface area contributed by atoms with Crippen LogP contribution in [0.15, 0.2) is 34.8 Å². The molecule has 0 saturated heterocycles. The second-order valence-corrected chi connectivity index (χ2v) is 5.97. The number of nitrogens with one attached hydrogen (secondary N) is 1. The van der Waals surface area contributed by atoms with Gasteiger partial charge in [0.25, 0.3) is 5.91 Å². The first-order valence-corrected chi connectivity index (χ1v) is 7.64. The van der Waals surface area contributed by atoms with E-state index < -0.39 is 47.3 Å². The molecular formula is C16H11BrF4N2O2. The number of benzene rings is 2. The summed E-state index contributed by atoms with van der Waals surface area (Å²) in [5, 5.41) is 2.02.